The van der Waals surface area contributed by atoms with Crippen LogP contribution in [0.25, 0.3) is 0 Å². The molecule has 2 aromatic rings. The third kappa shape index (κ3) is 3.54. The van der Waals surface area contributed by atoms with E-state index < -0.39 is 0 Å². The average molecular weight is 260 g/mol. The standard InChI is InChI=1S/C13H16N4O2/c1-3-9-6-5-7-10(8-9)19-13-16-11(14)15-12(17-13)18-4-2/h5-8H,3-4H2,1-2H3,(H2,14,15,16,17). The Hall–Kier alpha value is -2.37. The molecule has 0 aliphatic heterocycles. The summed E-state index contributed by atoms with van der Waals surface area (Å²) in [4.78, 5) is 11.8. The molecule has 19 heavy (non-hydrogen) atoms. The first-order valence-electron chi connectivity index (χ1n) is 6.12. The van der Waals surface area contributed by atoms with Crippen molar-refractivity contribution in [1.29, 1.82) is 0 Å². The first kappa shape index (κ1) is 13.1. The van der Waals surface area contributed by atoms with Gasteiger partial charge in [-0.25, -0.2) is 0 Å². The Morgan fingerprint density at radius 2 is 1.89 bits per heavy atom. The lowest BCUT2D eigenvalue weighted by atomic mass is 10.2. The first-order chi connectivity index (χ1) is 9.21. The Morgan fingerprint density at radius 1 is 1.11 bits per heavy atom. The molecule has 0 aliphatic rings. The fourth-order valence-electron chi connectivity index (χ4n) is 1.53. The van der Waals surface area contributed by atoms with Crippen molar-refractivity contribution in [2.75, 3.05) is 12.3 Å². The number of nitrogen functional groups attached to an aromatic ring is 1. The van der Waals surface area contributed by atoms with Crippen molar-refractivity contribution in [1.82, 2.24) is 15.0 Å². The van der Waals surface area contributed by atoms with Gasteiger partial charge in [0.15, 0.2) is 0 Å². The molecular weight excluding hydrogens is 244 g/mol. The van der Waals surface area contributed by atoms with Crippen molar-refractivity contribution in [3.63, 3.8) is 0 Å². The molecule has 0 saturated heterocycles. The van der Waals surface area contributed by atoms with E-state index in [9.17, 15) is 0 Å². The molecule has 6 nitrogen and oxygen atoms in total. The summed E-state index contributed by atoms with van der Waals surface area (Å²) in [5.41, 5.74) is 6.75. The Morgan fingerprint density at radius 3 is 2.63 bits per heavy atom. The predicted molar refractivity (Wildman–Crippen MR) is 71.3 cm³/mol. The number of hydrogen-bond acceptors (Lipinski definition) is 6. The van der Waals surface area contributed by atoms with Crippen LogP contribution < -0.4 is 15.2 Å². The molecule has 6 heteroatoms. The molecule has 1 aromatic carbocycles. The van der Waals surface area contributed by atoms with Gasteiger partial charge in [0.25, 0.3) is 0 Å². The highest BCUT2D eigenvalue weighted by atomic mass is 16.5. The summed E-state index contributed by atoms with van der Waals surface area (Å²) in [5.74, 6) is 0.729. The lowest BCUT2D eigenvalue weighted by Crippen LogP contribution is -2.04. The largest absolute Gasteiger partial charge is 0.464 e. The number of nitrogens with two attached hydrogens (primary N) is 1. The molecule has 0 atom stereocenters. The van der Waals surface area contributed by atoms with E-state index in [0.29, 0.717) is 12.4 Å². The second-order valence-electron chi connectivity index (χ2n) is 3.79. The van der Waals surface area contributed by atoms with Gasteiger partial charge >= 0.3 is 12.0 Å². The number of nitrogens with zero attached hydrogens (tertiary/aromatic N) is 3. The molecule has 1 heterocycles. The van der Waals surface area contributed by atoms with Gasteiger partial charge in [0.1, 0.15) is 5.75 Å². The summed E-state index contributed by atoms with van der Waals surface area (Å²) in [6, 6.07) is 8.00. The zero-order valence-corrected chi connectivity index (χ0v) is 11.0. The number of ether oxygens (including phenoxy) is 2. The molecule has 2 N–H and O–H groups in total. The van der Waals surface area contributed by atoms with E-state index in [2.05, 4.69) is 21.9 Å². The summed E-state index contributed by atoms with van der Waals surface area (Å²) in [7, 11) is 0. The Balaban J connectivity index is 2.22. The summed E-state index contributed by atoms with van der Waals surface area (Å²) in [5, 5.41) is 0. The van der Waals surface area contributed by atoms with Crippen molar-refractivity contribution in [3.8, 4) is 17.8 Å². The van der Waals surface area contributed by atoms with Crippen molar-refractivity contribution in [2.45, 2.75) is 20.3 Å². The van der Waals surface area contributed by atoms with Crippen LogP contribution in [0.2, 0.25) is 0 Å². The summed E-state index contributed by atoms with van der Waals surface area (Å²) < 4.78 is 10.8. The molecule has 0 fully saturated rings. The highest BCUT2D eigenvalue weighted by Crippen LogP contribution is 2.21. The van der Waals surface area contributed by atoms with Crippen LogP contribution in [0, 0.1) is 0 Å². The molecule has 1 aromatic heterocycles. The number of anilines is 1. The third-order valence-corrected chi connectivity index (χ3v) is 2.40. The minimum absolute atomic E-state index is 0.0695. The monoisotopic (exact) mass is 260 g/mol. The molecule has 0 saturated carbocycles. The molecule has 0 amide bonds. The zero-order chi connectivity index (χ0) is 13.7. The summed E-state index contributed by atoms with van der Waals surface area (Å²) in [6.45, 7) is 4.37. The zero-order valence-electron chi connectivity index (χ0n) is 11.0. The van der Waals surface area contributed by atoms with Crippen molar-refractivity contribution in [3.05, 3.63) is 29.8 Å². The van der Waals surface area contributed by atoms with E-state index in [1.807, 2.05) is 31.2 Å². The van der Waals surface area contributed by atoms with Crippen LogP contribution in [0.5, 0.6) is 17.8 Å². The topological polar surface area (TPSA) is 83.2 Å². The van der Waals surface area contributed by atoms with E-state index in [1.54, 1.807) is 0 Å². The molecule has 2 rings (SSSR count). The second-order valence-corrected chi connectivity index (χ2v) is 3.79. The number of rotatable bonds is 5. The first-order valence-corrected chi connectivity index (χ1v) is 6.12. The summed E-state index contributed by atoms with van der Waals surface area (Å²) in [6.07, 6.45) is 0.931. The maximum atomic E-state index is 5.58. The highest BCUT2D eigenvalue weighted by molar-refractivity contribution is 5.31. The van der Waals surface area contributed by atoms with Gasteiger partial charge in [-0.15, -0.1) is 4.98 Å². The van der Waals surface area contributed by atoms with Crippen LogP contribution in [0.15, 0.2) is 24.3 Å². The third-order valence-electron chi connectivity index (χ3n) is 2.40. The van der Waals surface area contributed by atoms with Crippen molar-refractivity contribution >= 4 is 5.95 Å². The van der Waals surface area contributed by atoms with Gasteiger partial charge in [0.2, 0.25) is 5.95 Å². The smallest absolute Gasteiger partial charge is 0.330 e. The maximum Gasteiger partial charge on any atom is 0.330 e. The fourth-order valence-corrected chi connectivity index (χ4v) is 1.53. The van der Waals surface area contributed by atoms with Gasteiger partial charge in [-0.3, -0.25) is 0 Å². The molecule has 0 unspecified atom stereocenters. The van der Waals surface area contributed by atoms with Gasteiger partial charge in [-0.05, 0) is 31.0 Å². The summed E-state index contributed by atoms with van der Waals surface area (Å²) >= 11 is 0. The minimum Gasteiger partial charge on any atom is -0.464 e. The normalized spacial score (nSPS) is 10.2. The molecular formula is C13H16N4O2. The highest BCUT2D eigenvalue weighted by Gasteiger charge is 2.07. The van der Waals surface area contributed by atoms with Crippen LogP contribution in [-0.2, 0) is 6.42 Å². The van der Waals surface area contributed by atoms with Crippen LogP contribution in [0.4, 0.5) is 5.95 Å². The molecule has 0 radical (unpaired) electrons. The lowest BCUT2D eigenvalue weighted by Gasteiger charge is -2.07. The van der Waals surface area contributed by atoms with E-state index in [-0.39, 0.29) is 18.0 Å². The number of aryl methyl sites for hydroxylation is 1. The lowest BCUT2D eigenvalue weighted by molar-refractivity contribution is 0.304. The Labute approximate surface area is 111 Å². The molecule has 100 valence electrons. The van der Waals surface area contributed by atoms with Crippen LogP contribution in [0.3, 0.4) is 0 Å². The van der Waals surface area contributed by atoms with Gasteiger partial charge in [0.05, 0.1) is 6.61 Å². The predicted octanol–water partition coefficient (Wildman–Crippen LogP) is 2.21. The maximum absolute atomic E-state index is 5.58. The minimum atomic E-state index is 0.0695. The SMILES string of the molecule is CCOc1nc(N)nc(Oc2cccc(CC)c2)n1. The number of aromatic nitrogens is 3. The molecule has 0 aliphatic carbocycles. The van der Waals surface area contributed by atoms with E-state index in [1.165, 1.54) is 5.56 Å². The quantitative estimate of drug-likeness (QED) is 0.887. The number of benzene rings is 1. The second kappa shape index (κ2) is 5.99. The Kier molecular flexibility index (Phi) is 4.12. The van der Waals surface area contributed by atoms with Gasteiger partial charge in [-0.1, -0.05) is 19.1 Å². The van der Waals surface area contributed by atoms with E-state index in [4.69, 9.17) is 15.2 Å². The molecule has 0 bridgehead atoms. The van der Waals surface area contributed by atoms with Crippen LogP contribution in [-0.4, -0.2) is 21.6 Å². The van der Waals surface area contributed by atoms with Crippen LogP contribution in [0.1, 0.15) is 19.4 Å². The number of hydrogen-bond donors (Lipinski definition) is 1. The average Bonchev–Trinajstić information content (AvgIpc) is 2.38. The van der Waals surface area contributed by atoms with Gasteiger partial charge in [0, 0.05) is 0 Å². The Bertz CT molecular complexity index is 560. The fraction of sp³-hybridized carbons (Fsp3) is 0.308. The van der Waals surface area contributed by atoms with Crippen LogP contribution >= 0.6 is 0 Å². The van der Waals surface area contributed by atoms with Crippen molar-refractivity contribution in [2.24, 2.45) is 0 Å². The van der Waals surface area contributed by atoms with E-state index in [0.717, 1.165) is 6.42 Å². The van der Waals surface area contributed by atoms with E-state index >= 15 is 0 Å². The van der Waals surface area contributed by atoms with Gasteiger partial charge < -0.3 is 15.2 Å². The van der Waals surface area contributed by atoms with Gasteiger partial charge in [-0.2, -0.15) is 9.97 Å². The molecule has 0 spiro atoms. The van der Waals surface area contributed by atoms with Crippen molar-refractivity contribution < 1.29 is 9.47 Å².